The summed E-state index contributed by atoms with van der Waals surface area (Å²) in [4.78, 5) is 8.79. The molecule has 0 atom stereocenters. The summed E-state index contributed by atoms with van der Waals surface area (Å²) in [6, 6.07) is 7.82. The van der Waals surface area contributed by atoms with Gasteiger partial charge in [-0.1, -0.05) is 17.7 Å². The zero-order chi connectivity index (χ0) is 10.7. The molecule has 0 aliphatic rings. The van der Waals surface area contributed by atoms with E-state index in [-0.39, 0.29) is 0 Å². The van der Waals surface area contributed by atoms with Crippen molar-refractivity contribution in [1.82, 2.24) is 9.97 Å². The summed E-state index contributed by atoms with van der Waals surface area (Å²) in [6.45, 7) is 2.53. The van der Waals surface area contributed by atoms with Gasteiger partial charge in [-0.2, -0.15) is 0 Å². The quantitative estimate of drug-likeness (QED) is 0.804. The van der Waals surface area contributed by atoms with E-state index in [2.05, 4.69) is 9.97 Å². The van der Waals surface area contributed by atoms with E-state index in [0.717, 1.165) is 22.3 Å². The molecule has 0 aliphatic carbocycles. The molecule has 1 aromatic heterocycles. The monoisotopic (exact) mass is 199 g/mol. The minimum atomic E-state index is 0.550. The van der Waals surface area contributed by atoms with E-state index in [1.54, 1.807) is 6.20 Å². The second-order valence-corrected chi connectivity index (χ2v) is 3.48. The van der Waals surface area contributed by atoms with Gasteiger partial charge in [-0.05, 0) is 25.1 Å². The van der Waals surface area contributed by atoms with Gasteiger partial charge in [-0.15, -0.1) is 0 Å². The predicted octanol–water partition coefficient (Wildman–Crippen LogP) is 1.99. The average molecular weight is 199 g/mol. The number of hydrogen-bond acceptors (Lipinski definition) is 3. The molecule has 0 bridgehead atoms. The van der Waals surface area contributed by atoms with Crippen molar-refractivity contribution in [2.24, 2.45) is 5.73 Å². The first-order chi connectivity index (χ1) is 7.29. The van der Waals surface area contributed by atoms with Gasteiger partial charge in [0.05, 0.1) is 22.9 Å². The highest BCUT2D eigenvalue weighted by Gasteiger charge is 1.96. The van der Waals surface area contributed by atoms with Gasteiger partial charge in [-0.3, -0.25) is 4.98 Å². The summed E-state index contributed by atoms with van der Waals surface area (Å²) in [6.07, 6.45) is 3.72. The number of aromatic nitrogens is 2. The van der Waals surface area contributed by atoms with Crippen LogP contribution in [0, 0.1) is 0 Å². The second-order valence-electron chi connectivity index (χ2n) is 3.48. The molecule has 0 aliphatic heterocycles. The van der Waals surface area contributed by atoms with Crippen LogP contribution in [0.4, 0.5) is 0 Å². The van der Waals surface area contributed by atoms with Crippen molar-refractivity contribution in [2.45, 2.75) is 6.92 Å². The van der Waals surface area contributed by atoms with Crippen molar-refractivity contribution in [3.05, 3.63) is 41.7 Å². The number of fused-ring (bicyclic) bond motifs is 1. The standard InChI is InChI=1S/C12H13N3/c1-9(7-13)6-10-8-14-11-4-2-3-5-12(11)15-10/h2-6,8H,7,13H2,1H3. The molecule has 1 heterocycles. The van der Waals surface area contributed by atoms with Crippen LogP contribution < -0.4 is 5.73 Å². The Labute approximate surface area is 88.7 Å². The minimum Gasteiger partial charge on any atom is -0.327 e. The van der Waals surface area contributed by atoms with Gasteiger partial charge in [0.15, 0.2) is 0 Å². The van der Waals surface area contributed by atoms with Crippen LogP contribution in [0.2, 0.25) is 0 Å². The molecule has 0 fully saturated rings. The van der Waals surface area contributed by atoms with Crippen LogP contribution in [-0.4, -0.2) is 16.5 Å². The number of para-hydroxylation sites is 2. The smallest absolute Gasteiger partial charge is 0.0894 e. The van der Waals surface area contributed by atoms with Crippen LogP contribution in [0.25, 0.3) is 17.1 Å². The summed E-state index contributed by atoms with van der Waals surface area (Å²) >= 11 is 0. The van der Waals surface area contributed by atoms with E-state index < -0.39 is 0 Å². The number of rotatable bonds is 2. The zero-order valence-electron chi connectivity index (χ0n) is 8.64. The number of nitrogens with zero attached hydrogens (tertiary/aromatic N) is 2. The average Bonchev–Trinajstić information content (AvgIpc) is 2.29. The highest BCUT2D eigenvalue weighted by atomic mass is 14.8. The van der Waals surface area contributed by atoms with Gasteiger partial charge in [0.2, 0.25) is 0 Å². The molecule has 0 radical (unpaired) electrons. The molecule has 3 heteroatoms. The molecule has 0 unspecified atom stereocenters. The van der Waals surface area contributed by atoms with Crippen LogP contribution in [-0.2, 0) is 0 Å². The van der Waals surface area contributed by atoms with E-state index in [1.807, 2.05) is 37.3 Å². The lowest BCUT2D eigenvalue weighted by Gasteiger charge is -1.99. The van der Waals surface area contributed by atoms with Gasteiger partial charge in [-0.25, -0.2) is 4.98 Å². The Balaban J connectivity index is 2.47. The molecule has 0 spiro atoms. The molecule has 2 N–H and O–H groups in total. The Kier molecular flexibility index (Phi) is 2.74. The summed E-state index contributed by atoms with van der Waals surface area (Å²) in [7, 11) is 0. The Bertz CT molecular complexity index is 503. The maximum atomic E-state index is 5.52. The molecular weight excluding hydrogens is 186 g/mol. The summed E-state index contributed by atoms with van der Waals surface area (Å²) in [5, 5.41) is 0. The second kappa shape index (κ2) is 4.19. The molecule has 0 saturated heterocycles. The number of nitrogens with two attached hydrogens (primary N) is 1. The van der Waals surface area contributed by atoms with Crippen molar-refractivity contribution in [3.63, 3.8) is 0 Å². The summed E-state index contributed by atoms with van der Waals surface area (Å²) in [5.74, 6) is 0. The third-order valence-corrected chi connectivity index (χ3v) is 2.18. The maximum Gasteiger partial charge on any atom is 0.0894 e. The fourth-order valence-corrected chi connectivity index (χ4v) is 1.35. The summed E-state index contributed by atoms with van der Waals surface area (Å²) < 4.78 is 0. The Morgan fingerprint density at radius 3 is 2.80 bits per heavy atom. The van der Waals surface area contributed by atoms with Gasteiger partial charge >= 0.3 is 0 Å². The third kappa shape index (κ3) is 2.19. The van der Waals surface area contributed by atoms with E-state index in [0.29, 0.717) is 6.54 Å². The first-order valence-electron chi connectivity index (χ1n) is 4.88. The van der Waals surface area contributed by atoms with Crippen LogP contribution in [0.1, 0.15) is 12.6 Å². The topological polar surface area (TPSA) is 51.8 Å². The maximum absolute atomic E-state index is 5.52. The van der Waals surface area contributed by atoms with Crippen molar-refractivity contribution in [3.8, 4) is 0 Å². The van der Waals surface area contributed by atoms with Gasteiger partial charge in [0, 0.05) is 6.54 Å². The minimum absolute atomic E-state index is 0.550. The van der Waals surface area contributed by atoms with Crippen LogP contribution in [0.3, 0.4) is 0 Å². The van der Waals surface area contributed by atoms with Crippen LogP contribution in [0.15, 0.2) is 36.0 Å². The lowest BCUT2D eigenvalue weighted by atomic mass is 10.2. The van der Waals surface area contributed by atoms with Crippen molar-refractivity contribution in [1.29, 1.82) is 0 Å². The molecule has 0 saturated carbocycles. The molecule has 0 amide bonds. The fourth-order valence-electron chi connectivity index (χ4n) is 1.35. The summed E-state index contributed by atoms with van der Waals surface area (Å²) in [5.41, 5.74) is 9.30. The highest BCUT2D eigenvalue weighted by Crippen LogP contribution is 2.10. The van der Waals surface area contributed by atoms with Crippen molar-refractivity contribution >= 4 is 17.1 Å². The molecule has 1 aromatic carbocycles. The Morgan fingerprint density at radius 2 is 2.07 bits per heavy atom. The van der Waals surface area contributed by atoms with Crippen molar-refractivity contribution < 1.29 is 0 Å². The Morgan fingerprint density at radius 1 is 1.33 bits per heavy atom. The van der Waals surface area contributed by atoms with Gasteiger partial charge in [0.1, 0.15) is 0 Å². The molecule has 15 heavy (non-hydrogen) atoms. The van der Waals surface area contributed by atoms with Crippen molar-refractivity contribution in [2.75, 3.05) is 6.54 Å². The lowest BCUT2D eigenvalue weighted by Crippen LogP contribution is -1.99. The third-order valence-electron chi connectivity index (χ3n) is 2.18. The van der Waals surface area contributed by atoms with Gasteiger partial charge in [0.25, 0.3) is 0 Å². The molecule has 2 aromatic rings. The first-order valence-corrected chi connectivity index (χ1v) is 4.88. The van der Waals surface area contributed by atoms with E-state index >= 15 is 0 Å². The Hall–Kier alpha value is -1.74. The van der Waals surface area contributed by atoms with E-state index in [9.17, 15) is 0 Å². The zero-order valence-corrected chi connectivity index (χ0v) is 8.64. The first kappa shape index (κ1) is 9.80. The van der Waals surface area contributed by atoms with Crippen LogP contribution in [0.5, 0.6) is 0 Å². The largest absolute Gasteiger partial charge is 0.327 e. The molecule has 3 nitrogen and oxygen atoms in total. The van der Waals surface area contributed by atoms with Gasteiger partial charge < -0.3 is 5.73 Å². The molecule has 2 rings (SSSR count). The van der Waals surface area contributed by atoms with E-state index in [4.69, 9.17) is 5.73 Å². The van der Waals surface area contributed by atoms with Crippen LogP contribution >= 0.6 is 0 Å². The normalized spacial score (nSPS) is 12.0. The number of hydrogen-bond donors (Lipinski definition) is 1. The SMILES string of the molecule is CC(=Cc1cnc2ccccc2n1)CN. The number of benzene rings is 1. The fraction of sp³-hybridized carbons (Fsp3) is 0.167. The highest BCUT2D eigenvalue weighted by molar-refractivity contribution is 5.74. The molecule has 76 valence electrons. The lowest BCUT2D eigenvalue weighted by molar-refractivity contribution is 1.14. The molecular formula is C12H13N3. The van der Waals surface area contributed by atoms with E-state index in [1.165, 1.54) is 0 Å². The predicted molar refractivity (Wildman–Crippen MR) is 62.2 cm³/mol.